The highest BCUT2D eigenvalue weighted by molar-refractivity contribution is 9.25. The molecule has 0 amide bonds. The van der Waals surface area contributed by atoms with E-state index in [2.05, 4.69) is 72.4 Å². The predicted octanol–water partition coefficient (Wildman–Crippen LogP) is 14.4. The van der Waals surface area contributed by atoms with Crippen LogP contribution in [0.2, 0.25) is 0 Å². The molecular formula is C46H44Br2F6N8O4S2. The second kappa shape index (κ2) is 23.4. The molecule has 2 aliphatic carbocycles. The number of nitrogens with zero attached hydrogens (tertiary/aromatic N) is 5. The molecule has 5 heterocycles. The van der Waals surface area contributed by atoms with Crippen LogP contribution < -0.4 is 20.1 Å². The van der Waals surface area contributed by atoms with Crippen molar-refractivity contribution in [1.29, 1.82) is 0 Å². The number of fused-ring (bicyclic) bond motifs is 2. The van der Waals surface area contributed by atoms with Crippen LogP contribution in [0.25, 0.3) is 32.0 Å². The van der Waals surface area contributed by atoms with Gasteiger partial charge in [0.05, 0.1) is 26.6 Å². The van der Waals surface area contributed by atoms with Crippen molar-refractivity contribution >= 4 is 97.3 Å². The number of imidazole rings is 1. The van der Waals surface area contributed by atoms with Crippen LogP contribution in [0.1, 0.15) is 80.4 Å². The highest BCUT2D eigenvalue weighted by Crippen LogP contribution is 2.35. The number of aldehydes is 1. The zero-order valence-corrected chi connectivity index (χ0v) is 40.8. The number of pyridine rings is 2. The molecule has 5 aromatic heterocycles. The first-order chi connectivity index (χ1) is 32.6. The largest absolute Gasteiger partial charge is 0.457 e. The minimum atomic E-state index is -4.75. The number of benzene rings is 2. The third-order valence-electron chi connectivity index (χ3n) is 10.9. The van der Waals surface area contributed by atoms with E-state index >= 15 is 0 Å². The van der Waals surface area contributed by atoms with Gasteiger partial charge in [-0.1, -0.05) is 93.1 Å². The van der Waals surface area contributed by atoms with Gasteiger partial charge in [0.1, 0.15) is 43.8 Å². The van der Waals surface area contributed by atoms with E-state index in [9.17, 15) is 35.9 Å². The molecule has 0 spiro atoms. The molecule has 0 atom stereocenters. The number of H-pyrrole nitrogens is 1. The number of hydrogen-bond donors (Lipinski definition) is 3. The normalized spacial score (nSPS) is 14.7. The van der Waals surface area contributed by atoms with Gasteiger partial charge < -0.3 is 25.1 Å². The third-order valence-corrected chi connectivity index (χ3v) is 13.7. The smallest absolute Gasteiger partial charge is 0.452 e. The SMILES string of the molecule is FC(F)(F)c1cnc(-c2cc(Oc3ccc4nc(NCC5CCCCC5)sc4c3)ccn2)[nH]1.O=C(C(Br)Br)C(F)(F)F.O=Cc1cc(Oc2ccc3nc(NCC4CCCCC4)sc3c2)ccn1. The van der Waals surface area contributed by atoms with Gasteiger partial charge in [0.15, 0.2) is 22.4 Å². The van der Waals surface area contributed by atoms with Gasteiger partial charge in [0.2, 0.25) is 0 Å². The molecule has 22 heteroatoms. The topological polar surface area (TPSA) is 157 Å². The molecule has 2 fully saturated rings. The van der Waals surface area contributed by atoms with Gasteiger partial charge in [0, 0.05) is 49.7 Å². The van der Waals surface area contributed by atoms with E-state index in [1.54, 1.807) is 53.1 Å². The minimum Gasteiger partial charge on any atom is -0.457 e. The Morgan fingerprint density at radius 2 is 1.21 bits per heavy atom. The van der Waals surface area contributed by atoms with E-state index in [0.717, 1.165) is 61.7 Å². The lowest BCUT2D eigenvalue weighted by Gasteiger charge is -2.21. The summed E-state index contributed by atoms with van der Waals surface area (Å²) in [4.78, 5) is 44.2. The molecule has 360 valence electrons. The maximum Gasteiger partial charge on any atom is 0.452 e. The molecule has 3 N–H and O–H groups in total. The van der Waals surface area contributed by atoms with E-state index in [-0.39, 0.29) is 11.5 Å². The van der Waals surface area contributed by atoms with Crippen LogP contribution >= 0.6 is 54.5 Å². The number of ketones is 1. The maximum absolute atomic E-state index is 12.8. The van der Waals surface area contributed by atoms with Crippen molar-refractivity contribution in [2.45, 2.75) is 80.3 Å². The molecule has 2 saturated carbocycles. The summed E-state index contributed by atoms with van der Waals surface area (Å²) < 4.78 is 84.9. The third kappa shape index (κ3) is 14.7. The number of hydrogen-bond acceptors (Lipinski definition) is 13. The number of alkyl halides is 8. The second-order valence-corrected chi connectivity index (χ2v) is 21.1. The molecule has 68 heavy (non-hydrogen) atoms. The Bertz CT molecular complexity index is 2770. The van der Waals surface area contributed by atoms with Crippen molar-refractivity contribution in [3.63, 3.8) is 0 Å². The van der Waals surface area contributed by atoms with Crippen LogP contribution in [0.3, 0.4) is 0 Å². The van der Waals surface area contributed by atoms with E-state index in [1.807, 2.05) is 36.4 Å². The predicted molar refractivity (Wildman–Crippen MR) is 259 cm³/mol. The number of anilines is 2. The Balaban J connectivity index is 0.000000174. The molecule has 2 aliphatic rings. The lowest BCUT2D eigenvalue weighted by atomic mass is 9.89. The van der Waals surface area contributed by atoms with Gasteiger partial charge in [-0.25, -0.2) is 15.0 Å². The summed E-state index contributed by atoms with van der Waals surface area (Å²) in [6, 6.07) is 18.0. The van der Waals surface area contributed by atoms with E-state index in [0.29, 0.717) is 35.1 Å². The van der Waals surface area contributed by atoms with Crippen LogP contribution in [0.15, 0.2) is 79.3 Å². The van der Waals surface area contributed by atoms with Gasteiger partial charge in [0.25, 0.3) is 5.78 Å². The Morgan fingerprint density at radius 3 is 1.66 bits per heavy atom. The van der Waals surface area contributed by atoms with Crippen LogP contribution in [0.5, 0.6) is 23.0 Å². The van der Waals surface area contributed by atoms with Gasteiger partial charge in [-0.3, -0.25) is 19.6 Å². The molecular weight excluding hydrogens is 1070 g/mol. The molecule has 0 saturated heterocycles. The number of aromatic nitrogens is 6. The summed E-state index contributed by atoms with van der Waals surface area (Å²) in [5.41, 5.74) is 1.56. The van der Waals surface area contributed by atoms with Crippen molar-refractivity contribution in [3.8, 4) is 34.5 Å². The number of aromatic amines is 1. The van der Waals surface area contributed by atoms with E-state index in [4.69, 9.17) is 9.47 Å². The van der Waals surface area contributed by atoms with E-state index < -0.39 is 27.6 Å². The first-order valence-electron chi connectivity index (χ1n) is 21.6. The summed E-state index contributed by atoms with van der Waals surface area (Å²) in [7, 11) is 0. The zero-order valence-electron chi connectivity index (χ0n) is 36.0. The molecule has 9 rings (SSSR count). The first kappa shape index (κ1) is 50.7. The lowest BCUT2D eigenvalue weighted by molar-refractivity contribution is -0.168. The summed E-state index contributed by atoms with van der Waals surface area (Å²) >= 11 is 8.07. The maximum atomic E-state index is 12.8. The van der Waals surface area contributed by atoms with Crippen LogP contribution in [0.4, 0.5) is 36.6 Å². The molecule has 0 aliphatic heterocycles. The number of Topliss-reactive ketones (excluding diaryl/α,β-unsaturated/α-hetero) is 1. The standard InChI is InChI=1S/C23H22F3N5OS.C20H21N3O2S.C3HBr2F3O/c24-23(25,26)20-13-28-21(31-20)18-10-16(8-9-27-18)32-15-6-7-17-19(11-15)33-22(30-17)29-12-14-4-2-1-3-5-14;24-13-15-10-17(8-9-21-15)25-16-6-7-18-19(11-16)26-20(23-18)22-12-14-4-2-1-3-5-14;4-2(5)1(9)3(6,7)8/h6-11,13-14H,1-5,12H2,(H,28,31)(H,29,30);6-11,13-14H,1-5,12H2,(H,22,23);2H. The van der Waals surface area contributed by atoms with E-state index in [1.165, 1.54) is 70.4 Å². The summed E-state index contributed by atoms with van der Waals surface area (Å²) in [5, 5.41) is 8.85. The molecule has 2 aromatic carbocycles. The van der Waals surface area contributed by atoms with Crippen molar-refractivity contribution in [3.05, 3.63) is 90.6 Å². The zero-order chi connectivity index (χ0) is 48.3. The number of thiazole rings is 2. The van der Waals surface area contributed by atoms with Gasteiger partial charge >= 0.3 is 12.4 Å². The van der Waals surface area contributed by atoms with Gasteiger partial charge in [-0.05, 0) is 73.9 Å². The molecule has 12 nitrogen and oxygen atoms in total. The summed E-state index contributed by atoms with van der Waals surface area (Å²) in [6.45, 7) is 1.96. The average Bonchev–Trinajstić information content (AvgIpc) is 4.10. The number of ether oxygens (including phenoxy) is 2. The number of carbonyl (C=O) groups is 2. The number of carbonyl (C=O) groups excluding carboxylic acids is 2. The summed E-state index contributed by atoms with van der Waals surface area (Å²) in [6.07, 6.45) is 8.52. The molecule has 7 aromatic rings. The van der Waals surface area contributed by atoms with Crippen LogP contribution in [0, 0.1) is 11.8 Å². The Hall–Kier alpha value is -5.19. The Morgan fingerprint density at radius 1 is 0.706 bits per heavy atom. The van der Waals surface area contributed by atoms with Crippen molar-refractivity contribution in [2.24, 2.45) is 11.8 Å². The highest BCUT2D eigenvalue weighted by Gasteiger charge is 2.41. The fourth-order valence-electron chi connectivity index (χ4n) is 7.49. The molecule has 0 bridgehead atoms. The van der Waals surface area contributed by atoms with Crippen molar-refractivity contribution in [1.82, 2.24) is 29.9 Å². The molecule has 0 radical (unpaired) electrons. The van der Waals surface area contributed by atoms with Crippen LogP contribution in [-0.4, -0.2) is 65.0 Å². The van der Waals surface area contributed by atoms with Crippen molar-refractivity contribution in [2.75, 3.05) is 23.7 Å². The number of rotatable bonds is 13. The fourth-order valence-corrected chi connectivity index (χ4v) is 9.81. The Kier molecular flexibility index (Phi) is 17.4. The fraction of sp³-hybridized carbons (Fsp3) is 0.370. The van der Waals surface area contributed by atoms with Crippen molar-refractivity contribution < 1.29 is 45.4 Å². The number of halogens is 8. The number of nitrogens with one attached hydrogen (secondary N) is 3. The highest BCUT2D eigenvalue weighted by atomic mass is 79.9. The molecule has 0 unspecified atom stereocenters. The lowest BCUT2D eigenvalue weighted by Crippen LogP contribution is -2.27. The quantitative estimate of drug-likeness (QED) is 0.0574. The second-order valence-electron chi connectivity index (χ2n) is 16.0. The monoisotopic (exact) mass is 1110 g/mol. The first-order valence-corrected chi connectivity index (χ1v) is 25.1. The average molecular weight is 1110 g/mol. The minimum absolute atomic E-state index is 0.0272. The van der Waals surface area contributed by atoms with Crippen LogP contribution in [-0.2, 0) is 11.0 Å². The van der Waals surface area contributed by atoms with Gasteiger partial charge in [-0.2, -0.15) is 26.3 Å². The Labute approximate surface area is 411 Å². The van der Waals surface area contributed by atoms with Gasteiger partial charge in [-0.15, -0.1) is 0 Å². The summed E-state index contributed by atoms with van der Waals surface area (Å²) in [5.74, 6) is 2.06.